The van der Waals surface area contributed by atoms with Crippen LogP contribution < -0.4 is 0 Å². The standard InChI is InChI=1S/C75H136O6/c1-4-7-10-13-16-19-22-25-28-31-33-34-35-36-37-38-39-40-41-42-45-47-50-53-56-59-62-65-68-74(77)80-71-72(70-79-73(76)67-64-61-58-55-52-49-46-43-30-27-24-21-18-15-12-9-6-3)81-75(78)69-66-63-60-57-54-51-48-44-32-29-26-23-20-17-14-11-8-5-2/h9,12,18,21,27,29-30,32,46,49,72H,4-8,10-11,13-17,19-20,22-26,28,31,33-45,47-48,50-71H2,1-3H3/b12-9-,21-18-,30-27-,32-29-,49-46-. The first-order valence-corrected chi connectivity index (χ1v) is 35.8. The van der Waals surface area contributed by atoms with Gasteiger partial charge in [0.2, 0.25) is 0 Å². The van der Waals surface area contributed by atoms with Crippen molar-refractivity contribution in [2.75, 3.05) is 13.2 Å². The lowest BCUT2D eigenvalue weighted by molar-refractivity contribution is -0.167. The Labute approximate surface area is 504 Å². The molecule has 0 amide bonds. The first kappa shape index (κ1) is 78.1. The minimum atomic E-state index is -0.787. The molecule has 0 saturated carbocycles. The zero-order valence-corrected chi connectivity index (χ0v) is 54.3. The van der Waals surface area contributed by atoms with Gasteiger partial charge in [-0.2, -0.15) is 0 Å². The Balaban J connectivity index is 4.27. The van der Waals surface area contributed by atoms with E-state index in [0.29, 0.717) is 19.3 Å². The normalized spacial score (nSPS) is 12.4. The average Bonchev–Trinajstić information content (AvgIpc) is 3.47. The zero-order chi connectivity index (χ0) is 58.5. The molecule has 0 aromatic rings. The number of ether oxygens (including phenoxy) is 3. The monoisotopic (exact) mass is 1130 g/mol. The fraction of sp³-hybridized carbons (Fsp3) is 0.827. The number of rotatable bonds is 66. The summed E-state index contributed by atoms with van der Waals surface area (Å²) in [5.41, 5.74) is 0. The van der Waals surface area contributed by atoms with Crippen LogP contribution in [0.1, 0.15) is 380 Å². The van der Waals surface area contributed by atoms with Crippen LogP contribution in [0.2, 0.25) is 0 Å². The molecule has 0 spiro atoms. The van der Waals surface area contributed by atoms with Crippen LogP contribution in [0.25, 0.3) is 0 Å². The van der Waals surface area contributed by atoms with Gasteiger partial charge < -0.3 is 14.2 Å². The molecule has 0 N–H and O–H groups in total. The number of unbranched alkanes of at least 4 members (excludes halogenated alkanes) is 45. The second kappa shape index (κ2) is 69.6. The summed E-state index contributed by atoms with van der Waals surface area (Å²) in [4.78, 5) is 38.4. The molecule has 1 unspecified atom stereocenters. The molecule has 0 rings (SSSR count). The molecule has 81 heavy (non-hydrogen) atoms. The van der Waals surface area contributed by atoms with E-state index in [1.165, 1.54) is 244 Å². The molecule has 0 aromatic carbocycles. The number of carbonyl (C=O) groups is 3. The maximum absolute atomic E-state index is 12.9. The second-order valence-corrected chi connectivity index (χ2v) is 24.1. The van der Waals surface area contributed by atoms with Gasteiger partial charge in [0.25, 0.3) is 0 Å². The Hall–Kier alpha value is -2.89. The number of allylic oxidation sites excluding steroid dienone is 10. The van der Waals surface area contributed by atoms with E-state index in [0.717, 1.165) is 96.3 Å². The van der Waals surface area contributed by atoms with Crippen LogP contribution in [0.3, 0.4) is 0 Å². The summed E-state index contributed by atoms with van der Waals surface area (Å²) in [7, 11) is 0. The molecule has 6 heteroatoms. The van der Waals surface area contributed by atoms with E-state index in [4.69, 9.17) is 14.2 Å². The van der Waals surface area contributed by atoms with Crippen LogP contribution in [-0.2, 0) is 28.6 Å². The predicted molar refractivity (Wildman–Crippen MR) is 353 cm³/mol. The molecule has 0 aliphatic heterocycles. The van der Waals surface area contributed by atoms with Crippen molar-refractivity contribution in [1.82, 2.24) is 0 Å². The highest BCUT2D eigenvalue weighted by atomic mass is 16.6. The number of hydrogen-bond donors (Lipinski definition) is 0. The molecular formula is C75H136O6. The summed E-state index contributed by atoms with van der Waals surface area (Å²) in [5.74, 6) is -0.886. The highest BCUT2D eigenvalue weighted by molar-refractivity contribution is 5.71. The Morgan fingerprint density at radius 2 is 0.481 bits per heavy atom. The van der Waals surface area contributed by atoms with Crippen molar-refractivity contribution in [1.29, 1.82) is 0 Å². The van der Waals surface area contributed by atoms with Crippen molar-refractivity contribution < 1.29 is 28.6 Å². The van der Waals surface area contributed by atoms with Gasteiger partial charge in [0, 0.05) is 19.3 Å². The Morgan fingerprint density at radius 1 is 0.259 bits per heavy atom. The molecule has 0 aromatic heterocycles. The quantitative estimate of drug-likeness (QED) is 0.0261. The van der Waals surface area contributed by atoms with Crippen LogP contribution in [-0.4, -0.2) is 37.2 Å². The number of carbonyl (C=O) groups excluding carboxylic acids is 3. The molecule has 472 valence electrons. The highest BCUT2D eigenvalue weighted by Crippen LogP contribution is 2.18. The molecular weight excluding hydrogens is 997 g/mol. The van der Waals surface area contributed by atoms with Gasteiger partial charge in [0.1, 0.15) is 13.2 Å². The third kappa shape index (κ3) is 67.8. The second-order valence-electron chi connectivity index (χ2n) is 24.1. The van der Waals surface area contributed by atoms with E-state index in [1.54, 1.807) is 0 Å². The van der Waals surface area contributed by atoms with Gasteiger partial charge in [-0.05, 0) is 83.5 Å². The number of hydrogen-bond acceptors (Lipinski definition) is 6. The molecule has 1 atom stereocenters. The van der Waals surface area contributed by atoms with Crippen molar-refractivity contribution in [3.05, 3.63) is 60.8 Å². The van der Waals surface area contributed by atoms with E-state index >= 15 is 0 Å². The van der Waals surface area contributed by atoms with E-state index in [9.17, 15) is 14.4 Å². The summed E-state index contributed by atoms with van der Waals surface area (Å²) in [6.45, 7) is 6.57. The summed E-state index contributed by atoms with van der Waals surface area (Å²) in [5, 5.41) is 0. The van der Waals surface area contributed by atoms with Gasteiger partial charge in [-0.15, -0.1) is 0 Å². The maximum atomic E-state index is 12.9. The van der Waals surface area contributed by atoms with Crippen molar-refractivity contribution in [2.24, 2.45) is 0 Å². The largest absolute Gasteiger partial charge is 0.462 e. The van der Waals surface area contributed by atoms with Crippen molar-refractivity contribution in [3.63, 3.8) is 0 Å². The SMILES string of the molecule is CC/C=C\C/C=C\C/C=C\C/C=C\CCCCCCC(=O)OCC(COC(=O)CCCCCCCCCCCCCCCCCCCCCCCCCCCCCC)OC(=O)CCCCCCCCC/C=C\CCCCCCCCC. The fourth-order valence-electron chi connectivity index (χ4n) is 10.7. The van der Waals surface area contributed by atoms with Gasteiger partial charge in [-0.25, -0.2) is 0 Å². The first-order chi connectivity index (χ1) is 40.0. The Morgan fingerprint density at radius 3 is 0.765 bits per heavy atom. The zero-order valence-electron chi connectivity index (χ0n) is 54.3. The first-order valence-electron chi connectivity index (χ1n) is 35.8. The lowest BCUT2D eigenvalue weighted by atomic mass is 10.0. The lowest BCUT2D eigenvalue weighted by Gasteiger charge is -2.18. The average molecular weight is 1130 g/mol. The highest BCUT2D eigenvalue weighted by Gasteiger charge is 2.19. The molecule has 0 fully saturated rings. The molecule has 0 saturated heterocycles. The molecule has 0 heterocycles. The maximum Gasteiger partial charge on any atom is 0.306 e. The molecule has 6 nitrogen and oxygen atoms in total. The van der Waals surface area contributed by atoms with E-state index in [1.807, 2.05) is 0 Å². The minimum Gasteiger partial charge on any atom is -0.462 e. The van der Waals surface area contributed by atoms with E-state index in [-0.39, 0.29) is 31.1 Å². The van der Waals surface area contributed by atoms with Crippen molar-refractivity contribution >= 4 is 17.9 Å². The van der Waals surface area contributed by atoms with Crippen molar-refractivity contribution in [2.45, 2.75) is 386 Å². The molecule has 0 aliphatic carbocycles. The smallest absolute Gasteiger partial charge is 0.306 e. The molecule has 0 aliphatic rings. The Bertz CT molecular complexity index is 1440. The lowest BCUT2D eigenvalue weighted by Crippen LogP contribution is -2.30. The third-order valence-electron chi connectivity index (χ3n) is 16.0. The summed E-state index contributed by atoms with van der Waals surface area (Å²) in [6.07, 6.45) is 89.7. The topological polar surface area (TPSA) is 78.9 Å². The third-order valence-corrected chi connectivity index (χ3v) is 16.0. The van der Waals surface area contributed by atoms with Gasteiger partial charge in [0.15, 0.2) is 6.10 Å². The number of esters is 3. The summed E-state index contributed by atoms with van der Waals surface area (Å²) >= 11 is 0. The van der Waals surface area contributed by atoms with Crippen LogP contribution in [0, 0.1) is 0 Å². The fourth-order valence-corrected chi connectivity index (χ4v) is 10.7. The van der Waals surface area contributed by atoms with Crippen molar-refractivity contribution in [3.8, 4) is 0 Å². The van der Waals surface area contributed by atoms with Crippen LogP contribution >= 0.6 is 0 Å². The van der Waals surface area contributed by atoms with Crippen LogP contribution in [0.15, 0.2) is 60.8 Å². The van der Waals surface area contributed by atoms with E-state index < -0.39 is 6.10 Å². The summed E-state index contributed by atoms with van der Waals surface area (Å²) < 4.78 is 17.0. The van der Waals surface area contributed by atoms with Crippen LogP contribution in [0.4, 0.5) is 0 Å². The minimum absolute atomic E-state index is 0.0804. The predicted octanol–water partition coefficient (Wildman–Crippen LogP) is 24.7. The Kier molecular flexibility index (Phi) is 67.1. The molecule has 0 radical (unpaired) electrons. The van der Waals surface area contributed by atoms with Gasteiger partial charge in [0.05, 0.1) is 0 Å². The van der Waals surface area contributed by atoms with Crippen LogP contribution in [0.5, 0.6) is 0 Å². The van der Waals surface area contributed by atoms with Gasteiger partial charge in [-0.1, -0.05) is 338 Å². The molecule has 0 bridgehead atoms. The van der Waals surface area contributed by atoms with E-state index in [2.05, 4.69) is 81.5 Å². The van der Waals surface area contributed by atoms with Gasteiger partial charge >= 0.3 is 17.9 Å². The van der Waals surface area contributed by atoms with Gasteiger partial charge in [-0.3, -0.25) is 14.4 Å². The summed E-state index contributed by atoms with van der Waals surface area (Å²) in [6, 6.07) is 0.